The van der Waals surface area contributed by atoms with Crippen molar-refractivity contribution in [1.82, 2.24) is 15.2 Å². The second kappa shape index (κ2) is 11.5. The van der Waals surface area contributed by atoms with E-state index in [0.717, 1.165) is 28.8 Å². The Kier molecular flexibility index (Phi) is 8.46. The first-order valence-electron chi connectivity index (χ1n) is 11.2. The van der Waals surface area contributed by atoms with E-state index in [4.69, 9.17) is 4.99 Å². The average Bonchev–Trinajstić information content (AvgIpc) is 3.23. The van der Waals surface area contributed by atoms with Gasteiger partial charge in [-0.2, -0.15) is 0 Å². The molecule has 1 fully saturated rings. The smallest absolute Gasteiger partial charge is 0.224 e. The summed E-state index contributed by atoms with van der Waals surface area (Å²) in [7, 11) is 0. The molecule has 0 spiro atoms. The minimum absolute atomic E-state index is 0.0229. The van der Waals surface area contributed by atoms with E-state index in [1.807, 2.05) is 32.1 Å². The van der Waals surface area contributed by atoms with Gasteiger partial charge in [-0.25, -0.2) is 4.39 Å². The van der Waals surface area contributed by atoms with Gasteiger partial charge < -0.3 is 10.2 Å². The molecule has 3 rings (SSSR count). The Morgan fingerprint density at radius 2 is 1.91 bits per heavy atom. The Morgan fingerprint density at radius 1 is 1.21 bits per heavy atom. The van der Waals surface area contributed by atoms with Gasteiger partial charge in [0.2, 0.25) is 11.8 Å². The second-order valence-corrected chi connectivity index (χ2v) is 8.62. The molecule has 2 atom stereocenters. The Labute approximate surface area is 194 Å². The number of rotatable bonds is 8. The molecular formula is C26H31FN4O2. The Morgan fingerprint density at radius 3 is 2.58 bits per heavy atom. The van der Waals surface area contributed by atoms with Gasteiger partial charge in [-0.3, -0.25) is 19.6 Å². The molecule has 0 bridgehead atoms. The molecule has 1 aliphatic rings. The number of halogens is 1. The minimum atomic E-state index is -0.251. The van der Waals surface area contributed by atoms with Crippen molar-refractivity contribution in [3.8, 4) is 0 Å². The highest BCUT2D eigenvalue weighted by molar-refractivity contribution is 6.09. The number of carbonyl (C=O) groups excluding carboxylic acids is 2. The zero-order valence-corrected chi connectivity index (χ0v) is 19.4. The normalized spacial score (nSPS) is 17.7. The van der Waals surface area contributed by atoms with Crippen LogP contribution in [0.1, 0.15) is 44.7 Å². The summed E-state index contributed by atoms with van der Waals surface area (Å²) in [4.78, 5) is 34.8. The number of allylic oxidation sites excluding steroid dienone is 2. The van der Waals surface area contributed by atoms with Gasteiger partial charge in [0.25, 0.3) is 0 Å². The number of nitrogens with zero attached hydrogens (tertiary/aromatic N) is 3. The topological polar surface area (TPSA) is 74.7 Å². The average molecular weight is 451 g/mol. The summed E-state index contributed by atoms with van der Waals surface area (Å²) in [5.41, 5.74) is 3.81. The van der Waals surface area contributed by atoms with Gasteiger partial charge in [-0.05, 0) is 62.6 Å². The largest absolute Gasteiger partial charge is 0.352 e. The maximum absolute atomic E-state index is 13.2. The van der Waals surface area contributed by atoms with Gasteiger partial charge in [0.1, 0.15) is 5.82 Å². The second-order valence-electron chi connectivity index (χ2n) is 8.62. The molecule has 0 saturated carbocycles. The first kappa shape index (κ1) is 24.3. The maximum atomic E-state index is 13.2. The first-order valence-corrected chi connectivity index (χ1v) is 11.2. The van der Waals surface area contributed by atoms with Crippen molar-refractivity contribution < 1.29 is 14.0 Å². The number of nitrogens with one attached hydrogen (secondary N) is 1. The molecule has 0 aliphatic carbocycles. The summed E-state index contributed by atoms with van der Waals surface area (Å²) in [5, 5.41) is 2.88. The minimum Gasteiger partial charge on any atom is -0.352 e. The van der Waals surface area contributed by atoms with Crippen LogP contribution in [-0.4, -0.2) is 52.6 Å². The lowest BCUT2D eigenvalue weighted by Crippen LogP contribution is -2.37. The Balaban J connectivity index is 1.71. The summed E-state index contributed by atoms with van der Waals surface area (Å²) in [6.07, 6.45) is 7.20. The monoisotopic (exact) mass is 450 g/mol. The lowest BCUT2D eigenvalue weighted by Gasteiger charge is -2.18. The third kappa shape index (κ3) is 7.63. The molecule has 1 aromatic carbocycles. The van der Waals surface area contributed by atoms with Crippen molar-refractivity contribution >= 4 is 17.5 Å². The molecule has 1 unspecified atom stereocenters. The first-order chi connectivity index (χ1) is 15.8. The van der Waals surface area contributed by atoms with Crippen LogP contribution in [0.4, 0.5) is 4.39 Å². The lowest BCUT2D eigenvalue weighted by molar-refractivity contribution is -0.130. The highest BCUT2D eigenvalue weighted by Crippen LogP contribution is 2.15. The predicted molar refractivity (Wildman–Crippen MR) is 128 cm³/mol. The molecule has 1 N–H and O–H groups in total. The predicted octanol–water partition coefficient (Wildman–Crippen LogP) is 3.71. The molecule has 1 aliphatic heterocycles. The van der Waals surface area contributed by atoms with Crippen molar-refractivity contribution in [2.45, 2.75) is 52.1 Å². The van der Waals surface area contributed by atoms with Crippen LogP contribution in [0.2, 0.25) is 0 Å². The number of pyridine rings is 1. The van der Waals surface area contributed by atoms with Crippen molar-refractivity contribution in [3.05, 3.63) is 77.4 Å². The molecule has 1 aromatic heterocycles. The fourth-order valence-corrected chi connectivity index (χ4v) is 3.98. The number of likely N-dealkylation sites (tertiary alicyclic amines) is 1. The molecule has 2 amide bonds. The van der Waals surface area contributed by atoms with Crippen LogP contribution < -0.4 is 5.32 Å². The van der Waals surface area contributed by atoms with Gasteiger partial charge in [-0.1, -0.05) is 17.7 Å². The molecular weight excluding hydrogens is 419 g/mol. The molecule has 2 heterocycles. The molecule has 7 heteroatoms. The molecule has 0 radical (unpaired) electrons. The van der Waals surface area contributed by atoms with E-state index in [-0.39, 0.29) is 29.7 Å². The number of amides is 2. The number of carbonyl (C=O) groups is 2. The standard InChI is InChI=1S/C26H31FN4O2/c1-18(14-21-4-6-23(27)7-5-21)15-25(22-8-11-28-12-9-22)29-19(2)16-26(33)31-13-10-24(17-31)30-20(3)32/h4-9,11-12,15,19,24H,10,13-14,16-17H2,1-3H3,(H,30,32)/b18-15+,29-25?/t19?,24-/m1/s1. The number of benzene rings is 1. The van der Waals surface area contributed by atoms with Crippen LogP contribution in [0.15, 0.2) is 65.4 Å². The summed E-state index contributed by atoms with van der Waals surface area (Å²) in [5.74, 6) is -0.281. The Bertz CT molecular complexity index is 1020. The quantitative estimate of drug-likeness (QED) is 0.623. The molecule has 2 aromatic rings. The number of aliphatic imine (C=N–C) groups is 1. The summed E-state index contributed by atoms with van der Waals surface area (Å²) >= 11 is 0. The fraction of sp³-hybridized carbons (Fsp3) is 0.385. The van der Waals surface area contributed by atoms with Gasteiger partial charge >= 0.3 is 0 Å². The van der Waals surface area contributed by atoms with E-state index in [2.05, 4.69) is 10.3 Å². The number of aromatic nitrogens is 1. The SMILES string of the molecule is CC(=O)N[C@@H]1CCN(C(=O)CC(C)N=C(/C=C(\C)Cc2ccc(F)cc2)c2ccncc2)C1. The summed E-state index contributed by atoms with van der Waals surface area (Å²) in [6.45, 7) is 6.64. The van der Waals surface area contributed by atoms with Crippen LogP contribution in [0.3, 0.4) is 0 Å². The van der Waals surface area contributed by atoms with Crippen LogP contribution in [0.5, 0.6) is 0 Å². The van der Waals surface area contributed by atoms with Gasteiger partial charge in [0.15, 0.2) is 0 Å². The van der Waals surface area contributed by atoms with E-state index >= 15 is 0 Å². The van der Waals surface area contributed by atoms with Gasteiger partial charge in [0.05, 0.1) is 11.8 Å². The number of hydrogen-bond donors (Lipinski definition) is 1. The summed E-state index contributed by atoms with van der Waals surface area (Å²) in [6, 6.07) is 10.1. The van der Waals surface area contributed by atoms with Gasteiger partial charge in [-0.15, -0.1) is 0 Å². The fourth-order valence-electron chi connectivity index (χ4n) is 3.98. The molecule has 1 saturated heterocycles. The van der Waals surface area contributed by atoms with Crippen molar-refractivity contribution in [2.24, 2.45) is 4.99 Å². The summed E-state index contributed by atoms with van der Waals surface area (Å²) < 4.78 is 13.2. The Hall–Kier alpha value is -3.35. The van der Waals surface area contributed by atoms with E-state index < -0.39 is 0 Å². The highest BCUT2D eigenvalue weighted by Gasteiger charge is 2.27. The molecule has 33 heavy (non-hydrogen) atoms. The third-order valence-corrected chi connectivity index (χ3v) is 5.53. The van der Waals surface area contributed by atoms with Crippen LogP contribution in [0, 0.1) is 5.82 Å². The zero-order chi connectivity index (χ0) is 23.8. The van der Waals surface area contributed by atoms with Crippen LogP contribution in [-0.2, 0) is 16.0 Å². The van der Waals surface area contributed by atoms with E-state index in [0.29, 0.717) is 25.9 Å². The van der Waals surface area contributed by atoms with E-state index in [1.54, 1.807) is 29.4 Å². The van der Waals surface area contributed by atoms with Crippen molar-refractivity contribution in [2.75, 3.05) is 13.1 Å². The van der Waals surface area contributed by atoms with Crippen LogP contribution >= 0.6 is 0 Å². The molecule has 6 nitrogen and oxygen atoms in total. The molecule has 174 valence electrons. The van der Waals surface area contributed by atoms with Gasteiger partial charge in [0, 0.05) is 50.4 Å². The third-order valence-electron chi connectivity index (χ3n) is 5.53. The zero-order valence-electron chi connectivity index (χ0n) is 19.4. The number of hydrogen-bond acceptors (Lipinski definition) is 4. The van der Waals surface area contributed by atoms with Crippen molar-refractivity contribution in [1.29, 1.82) is 0 Å². The highest BCUT2D eigenvalue weighted by atomic mass is 19.1. The van der Waals surface area contributed by atoms with E-state index in [9.17, 15) is 14.0 Å². The van der Waals surface area contributed by atoms with E-state index in [1.165, 1.54) is 19.1 Å². The maximum Gasteiger partial charge on any atom is 0.224 e. The lowest BCUT2D eigenvalue weighted by atomic mass is 10.0. The van der Waals surface area contributed by atoms with Crippen molar-refractivity contribution in [3.63, 3.8) is 0 Å². The van der Waals surface area contributed by atoms with Crippen LogP contribution in [0.25, 0.3) is 0 Å².